The molecule has 1 N–H and O–H groups in total. The number of pyridine rings is 2. The first-order chi connectivity index (χ1) is 20.6. The Morgan fingerprint density at radius 1 is 1.00 bits per heavy atom. The molecule has 5 aromatic heterocycles. The molecular weight excluding hydrogens is 597 g/mol. The van der Waals surface area contributed by atoms with Gasteiger partial charge >= 0.3 is 6.18 Å². The van der Waals surface area contributed by atoms with Crippen molar-refractivity contribution in [3.63, 3.8) is 0 Å². The maximum absolute atomic E-state index is 15.3. The number of aromatic amines is 1. The van der Waals surface area contributed by atoms with Crippen LogP contribution in [-0.4, -0.2) is 50.3 Å². The molecule has 0 fully saturated rings. The predicted molar refractivity (Wildman–Crippen MR) is 139 cm³/mol. The first-order valence-corrected chi connectivity index (χ1v) is 12.8. The number of aryl methyl sites for hydroxylation is 1. The van der Waals surface area contributed by atoms with Gasteiger partial charge in [0.1, 0.15) is 22.2 Å². The lowest BCUT2D eigenvalue weighted by Crippen LogP contribution is -2.33. The molecule has 0 amide bonds. The van der Waals surface area contributed by atoms with Gasteiger partial charge in [0.15, 0.2) is 11.0 Å². The van der Waals surface area contributed by atoms with Gasteiger partial charge in [-0.3, -0.25) is 14.6 Å². The lowest BCUT2D eigenvalue weighted by atomic mass is 10.0. The number of alkyl halides is 3. The van der Waals surface area contributed by atoms with Crippen molar-refractivity contribution < 1.29 is 26.6 Å². The number of benzene rings is 1. The molecule has 0 bridgehead atoms. The second kappa shape index (κ2) is 10.9. The van der Waals surface area contributed by atoms with Gasteiger partial charge in [0, 0.05) is 43.2 Å². The van der Waals surface area contributed by atoms with Crippen LogP contribution < -0.4 is 4.68 Å². The highest BCUT2D eigenvalue weighted by Crippen LogP contribution is 2.33. The number of hydrogen-bond donors (Lipinski definition) is 1. The number of hydrogen-bond acceptors (Lipinski definition) is 7. The molecule has 11 nitrogen and oxygen atoms in total. The number of halogens is 6. The Morgan fingerprint density at radius 2 is 1.84 bits per heavy atom. The zero-order valence-corrected chi connectivity index (χ0v) is 22.6. The van der Waals surface area contributed by atoms with Crippen molar-refractivity contribution in [1.82, 2.24) is 50.3 Å². The van der Waals surface area contributed by atoms with Crippen molar-refractivity contribution >= 4 is 11.6 Å². The van der Waals surface area contributed by atoms with Crippen LogP contribution in [0.4, 0.5) is 22.0 Å². The third-order valence-electron chi connectivity index (χ3n) is 6.65. The van der Waals surface area contributed by atoms with Gasteiger partial charge in [-0.15, -0.1) is 4.68 Å². The molecule has 0 spiro atoms. The molecule has 6 aromatic rings. The van der Waals surface area contributed by atoms with Gasteiger partial charge in [0.25, 0.3) is 12.3 Å². The number of nitrogens with one attached hydrogen (secondary N) is 1. The Kier molecular flexibility index (Phi) is 7.13. The van der Waals surface area contributed by atoms with Crippen molar-refractivity contribution in [3.05, 3.63) is 101 Å². The fraction of sp³-hybridized carbons (Fsp3) is 0.154. The maximum Gasteiger partial charge on any atom is 0.433 e. The van der Waals surface area contributed by atoms with Crippen molar-refractivity contribution in [2.24, 2.45) is 7.05 Å². The van der Waals surface area contributed by atoms with Crippen LogP contribution in [-0.2, 0) is 19.6 Å². The van der Waals surface area contributed by atoms with E-state index in [-0.39, 0.29) is 22.7 Å². The standard InChI is InChI=1S/C26H17ClF5N11/c1-41-24(25(29)37-39-41)16-11-36-42(12-16)20(8-14-2-7-21(34-9-14)26(30,31)32)18-5-3-15(10-33-18)22-19(43-13-35-38-40-43)6-4-17(27)23(22)28/h2-7,9-13,20H,8H2,1H3/p+1/t20-/m0/s1. The highest BCUT2D eigenvalue weighted by atomic mass is 35.5. The molecule has 0 saturated carbocycles. The van der Waals surface area contributed by atoms with Crippen LogP contribution >= 0.6 is 11.6 Å². The molecule has 0 aliphatic carbocycles. The van der Waals surface area contributed by atoms with Crippen molar-refractivity contribution in [2.75, 3.05) is 0 Å². The molecule has 17 heteroatoms. The van der Waals surface area contributed by atoms with Crippen LogP contribution in [0.15, 0.2) is 67.5 Å². The Bertz CT molecular complexity index is 1860. The van der Waals surface area contributed by atoms with E-state index in [9.17, 15) is 17.6 Å². The Morgan fingerprint density at radius 3 is 2.47 bits per heavy atom. The molecule has 43 heavy (non-hydrogen) atoms. The summed E-state index contributed by atoms with van der Waals surface area (Å²) in [4.78, 5) is 8.11. The molecule has 0 aliphatic rings. The third kappa shape index (κ3) is 5.43. The number of rotatable bonds is 7. The summed E-state index contributed by atoms with van der Waals surface area (Å²) in [7, 11) is 1.52. The minimum Gasteiger partial charge on any atom is -0.263 e. The van der Waals surface area contributed by atoms with Crippen LogP contribution in [0.3, 0.4) is 0 Å². The van der Waals surface area contributed by atoms with E-state index in [4.69, 9.17) is 11.6 Å². The van der Waals surface area contributed by atoms with E-state index in [0.29, 0.717) is 28.1 Å². The zero-order valence-electron chi connectivity index (χ0n) is 21.9. The summed E-state index contributed by atoms with van der Waals surface area (Å²) in [6.07, 6.45) is 2.42. The number of aromatic nitrogens is 11. The molecule has 218 valence electrons. The monoisotopic (exact) mass is 614 g/mol. The van der Waals surface area contributed by atoms with Crippen LogP contribution in [0.25, 0.3) is 28.1 Å². The van der Waals surface area contributed by atoms with E-state index >= 15 is 4.39 Å². The van der Waals surface area contributed by atoms with Gasteiger partial charge in [-0.05, 0) is 29.8 Å². The summed E-state index contributed by atoms with van der Waals surface area (Å²) in [5, 5.41) is 21.4. The molecule has 0 saturated heterocycles. The smallest absolute Gasteiger partial charge is 0.263 e. The van der Waals surface area contributed by atoms with E-state index in [1.165, 1.54) is 51.9 Å². The first kappa shape index (κ1) is 28.0. The average Bonchev–Trinajstić information content (AvgIpc) is 3.75. The van der Waals surface area contributed by atoms with Crippen molar-refractivity contribution in [1.29, 1.82) is 0 Å². The molecule has 0 aliphatic heterocycles. The minimum atomic E-state index is -4.59. The molecule has 0 radical (unpaired) electrons. The van der Waals surface area contributed by atoms with Gasteiger partial charge in [-0.1, -0.05) is 39.3 Å². The third-order valence-corrected chi connectivity index (χ3v) is 6.94. The predicted octanol–water partition coefficient (Wildman–Crippen LogP) is 4.31. The molecule has 6 rings (SSSR count). The number of nitrogens with zero attached hydrogens (tertiary/aromatic N) is 10. The highest BCUT2D eigenvalue weighted by Gasteiger charge is 2.32. The SMILES string of the molecule is Cn1nnc(F)c1-c1cnn([C@@H](Cc2ccc(C(F)(F)F)nc2)c2ccc(-c3c(-[n+]4cnn[nH]4)ccc(Cl)c3F)cn2)c1. The Labute approximate surface area is 243 Å². The van der Waals surface area contributed by atoms with E-state index in [2.05, 4.69) is 40.9 Å². The largest absolute Gasteiger partial charge is 0.433 e. The second-order valence-electron chi connectivity index (χ2n) is 9.36. The lowest BCUT2D eigenvalue weighted by molar-refractivity contribution is -0.659. The van der Waals surface area contributed by atoms with Crippen molar-refractivity contribution in [3.8, 4) is 28.1 Å². The van der Waals surface area contributed by atoms with Crippen LogP contribution in [0.2, 0.25) is 5.02 Å². The number of H-pyrrole nitrogens is 1. The van der Waals surface area contributed by atoms with E-state index < -0.39 is 29.7 Å². The van der Waals surface area contributed by atoms with Gasteiger partial charge in [-0.25, -0.2) is 9.07 Å². The molecule has 0 unspecified atom stereocenters. The fourth-order valence-electron chi connectivity index (χ4n) is 4.60. The summed E-state index contributed by atoms with van der Waals surface area (Å²) in [6, 6.07) is 7.76. The molecule has 1 aromatic carbocycles. The Hall–Kier alpha value is -5.12. The minimum absolute atomic E-state index is 0.0965. The van der Waals surface area contributed by atoms with Crippen molar-refractivity contribution in [2.45, 2.75) is 18.6 Å². The summed E-state index contributed by atoms with van der Waals surface area (Å²) < 4.78 is 73.0. The van der Waals surface area contributed by atoms with E-state index in [1.54, 1.807) is 24.4 Å². The first-order valence-electron chi connectivity index (χ1n) is 12.4. The van der Waals surface area contributed by atoms with Gasteiger partial charge < -0.3 is 0 Å². The van der Waals surface area contributed by atoms with E-state index in [0.717, 1.165) is 12.3 Å². The summed E-state index contributed by atoms with van der Waals surface area (Å²) in [6.45, 7) is 0. The van der Waals surface area contributed by atoms with Crippen LogP contribution in [0.1, 0.15) is 23.0 Å². The molecular formula is C26H18ClF5N11+. The normalized spacial score (nSPS) is 12.5. The topological polar surface area (TPSA) is 120 Å². The second-order valence-corrected chi connectivity index (χ2v) is 9.77. The molecule has 5 heterocycles. The van der Waals surface area contributed by atoms with Crippen LogP contribution in [0, 0.1) is 11.8 Å². The maximum atomic E-state index is 15.3. The summed E-state index contributed by atoms with van der Waals surface area (Å²) in [5.41, 5.74) is 1.21. The van der Waals surface area contributed by atoms with Gasteiger partial charge in [-0.2, -0.15) is 22.7 Å². The summed E-state index contributed by atoms with van der Waals surface area (Å²) in [5.74, 6) is -1.48. The number of tetrazole rings is 1. The highest BCUT2D eigenvalue weighted by molar-refractivity contribution is 6.31. The van der Waals surface area contributed by atoms with Gasteiger partial charge in [0.2, 0.25) is 0 Å². The average molecular weight is 615 g/mol. The lowest BCUT2D eigenvalue weighted by Gasteiger charge is -2.18. The molecule has 1 atom stereocenters. The summed E-state index contributed by atoms with van der Waals surface area (Å²) >= 11 is 6.08. The van der Waals surface area contributed by atoms with Gasteiger partial charge in [0.05, 0.1) is 28.5 Å². The fourth-order valence-corrected chi connectivity index (χ4v) is 4.76. The van der Waals surface area contributed by atoms with E-state index in [1.807, 2.05) is 0 Å². The van der Waals surface area contributed by atoms with Crippen LogP contribution in [0.5, 0.6) is 0 Å². The quantitative estimate of drug-likeness (QED) is 0.210. The zero-order chi connectivity index (χ0) is 30.3. The Balaban J connectivity index is 1.40.